The highest BCUT2D eigenvalue weighted by Gasteiger charge is 1.97. The number of allylic oxidation sites excluding steroid dienone is 1. The highest BCUT2D eigenvalue weighted by atomic mass is 35.5. The predicted molar refractivity (Wildman–Crippen MR) is 91.5 cm³/mol. The number of hydrogen-bond acceptors (Lipinski definition) is 2. The van der Waals surface area contributed by atoms with Crippen LogP contribution in [0.4, 0.5) is 11.4 Å². The van der Waals surface area contributed by atoms with E-state index in [-0.39, 0.29) is 0 Å². The molecule has 0 aliphatic carbocycles. The quantitative estimate of drug-likeness (QED) is 0.607. The van der Waals surface area contributed by atoms with Gasteiger partial charge in [-0.05, 0) is 49.4 Å². The van der Waals surface area contributed by atoms with Gasteiger partial charge in [0.05, 0.1) is 0 Å². The van der Waals surface area contributed by atoms with E-state index in [0.29, 0.717) is 4.99 Å². The number of benzene rings is 2. The molecule has 0 aliphatic heterocycles. The number of hydrogen-bond donors (Lipinski definition) is 2. The molecule has 2 nitrogen and oxygen atoms in total. The molecular formula is C16H15ClN2S. The van der Waals surface area contributed by atoms with Gasteiger partial charge in [0.2, 0.25) is 0 Å². The zero-order valence-corrected chi connectivity index (χ0v) is 12.6. The first-order valence-electron chi connectivity index (χ1n) is 6.20. The Labute approximate surface area is 129 Å². The van der Waals surface area contributed by atoms with Crippen LogP contribution in [0.2, 0.25) is 5.02 Å². The molecule has 20 heavy (non-hydrogen) atoms. The molecule has 0 fully saturated rings. The number of nitrogens with one attached hydrogen (secondary N) is 2. The van der Waals surface area contributed by atoms with E-state index in [1.807, 2.05) is 67.6 Å². The van der Waals surface area contributed by atoms with Crippen molar-refractivity contribution in [2.45, 2.75) is 6.92 Å². The van der Waals surface area contributed by atoms with E-state index < -0.39 is 0 Å². The molecule has 0 heterocycles. The van der Waals surface area contributed by atoms with Crippen LogP contribution in [0.3, 0.4) is 0 Å². The van der Waals surface area contributed by atoms with Crippen LogP contribution in [-0.4, -0.2) is 4.99 Å². The highest BCUT2D eigenvalue weighted by Crippen LogP contribution is 2.15. The van der Waals surface area contributed by atoms with Crippen LogP contribution in [0.15, 0.2) is 66.4 Å². The third-order valence-corrected chi connectivity index (χ3v) is 3.05. The fourth-order valence-electron chi connectivity index (χ4n) is 1.69. The summed E-state index contributed by atoms with van der Waals surface area (Å²) in [5, 5.41) is 7.14. The summed E-state index contributed by atoms with van der Waals surface area (Å²) in [6.45, 7) is 1.97. The first-order chi connectivity index (χ1) is 9.63. The molecule has 0 spiro atoms. The van der Waals surface area contributed by atoms with Crippen LogP contribution in [0.5, 0.6) is 0 Å². The summed E-state index contributed by atoms with van der Waals surface area (Å²) in [5.41, 5.74) is 2.92. The minimum atomic E-state index is 0.662. The van der Waals surface area contributed by atoms with Crippen LogP contribution >= 0.6 is 23.8 Å². The van der Waals surface area contributed by atoms with Gasteiger partial charge in [-0.15, -0.1) is 0 Å². The normalized spacial score (nSPS) is 11.0. The van der Waals surface area contributed by atoms with Crippen LogP contribution in [0.25, 0.3) is 0 Å². The Morgan fingerprint density at radius 2 is 1.55 bits per heavy atom. The van der Waals surface area contributed by atoms with Crippen molar-refractivity contribution in [3.63, 3.8) is 0 Å². The molecule has 2 aromatic carbocycles. The van der Waals surface area contributed by atoms with Gasteiger partial charge in [0, 0.05) is 22.1 Å². The average Bonchev–Trinajstić information content (AvgIpc) is 2.42. The van der Waals surface area contributed by atoms with Crippen molar-refractivity contribution in [2.24, 2.45) is 0 Å². The number of halogens is 1. The maximum Gasteiger partial charge on any atom is 0.105 e. The molecular weight excluding hydrogens is 288 g/mol. The van der Waals surface area contributed by atoms with Crippen LogP contribution in [-0.2, 0) is 0 Å². The topological polar surface area (TPSA) is 24.1 Å². The lowest BCUT2D eigenvalue weighted by molar-refractivity contribution is 1.38. The molecule has 0 unspecified atom stereocenters. The van der Waals surface area contributed by atoms with Crippen molar-refractivity contribution in [1.29, 1.82) is 0 Å². The lowest BCUT2D eigenvalue weighted by atomic mass is 10.3. The summed E-state index contributed by atoms with van der Waals surface area (Å²) in [5.74, 6) is 0. The van der Waals surface area contributed by atoms with Crippen LogP contribution in [0.1, 0.15) is 6.92 Å². The van der Waals surface area contributed by atoms with E-state index in [1.54, 1.807) is 0 Å². The van der Waals surface area contributed by atoms with Crippen molar-refractivity contribution in [3.8, 4) is 0 Å². The fraction of sp³-hybridized carbons (Fsp3) is 0.0625. The van der Waals surface area contributed by atoms with Gasteiger partial charge < -0.3 is 10.6 Å². The molecule has 102 valence electrons. The second kappa shape index (κ2) is 7.08. The Balaban J connectivity index is 1.96. The standard InChI is InChI=1S/C16H15ClN2S/c1-12(18-15-9-7-13(17)8-10-15)11-16(20)19-14-5-3-2-4-6-14/h2-11,18H,1H3,(H,19,20)/b12-11+. The van der Waals surface area contributed by atoms with Crippen LogP contribution in [0, 0.1) is 0 Å². The molecule has 0 aromatic heterocycles. The lowest BCUT2D eigenvalue weighted by Gasteiger charge is -2.08. The van der Waals surface area contributed by atoms with E-state index in [2.05, 4.69) is 10.6 Å². The minimum Gasteiger partial charge on any atom is -0.359 e. The molecule has 0 saturated heterocycles. The second-order valence-electron chi connectivity index (χ2n) is 4.31. The number of thiocarbonyl (C=S) groups is 1. The van der Waals surface area contributed by atoms with Gasteiger partial charge >= 0.3 is 0 Å². The molecule has 0 saturated carbocycles. The average molecular weight is 303 g/mol. The lowest BCUT2D eigenvalue weighted by Crippen LogP contribution is -2.08. The van der Waals surface area contributed by atoms with Gasteiger partial charge in [0.15, 0.2) is 0 Å². The molecule has 0 amide bonds. The summed E-state index contributed by atoms with van der Waals surface area (Å²) >= 11 is 11.2. The molecule has 4 heteroatoms. The zero-order chi connectivity index (χ0) is 14.4. The number of para-hydroxylation sites is 1. The fourth-order valence-corrected chi connectivity index (χ4v) is 2.11. The summed E-state index contributed by atoms with van der Waals surface area (Å²) in [6.07, 6.45) is 1.89. The summed E-state index contributed by atoms with van der Waals surface area (Å²) in [6, 6.07) is 17.4. The van der Waals surface area contributed by atoms with Crippen molar-refractivity contribution in [2.75, 3.05) is 10.6 Å². The van der Waals surface area contributed by atoms with Gasteiger partial charge in [-0.25, -0.2) is 0 Å². The Kier molecular flexibility index (Phi) is 5.16. The highest BCUT2D eigenvalue weighted by molar-refractivity contribution is 7.81. The Morgan fingerprint density at radius 1 is 0.950 bits per heavy atom. The Hall–Kier alpha value is -1.84. The first-order valence-corrected chi connectivity index (χ1v) is 6.99. The molecule has 0 aliphatic rings. The van der Waals surface area contributed by atoms with Crippen molar-refractivity contribution >= 4 is 40.2 Å². The van der Waals surface area contributed by atoms with E-state index in [1.165, 1.54) is 0 Å². The number of rotatable bonds is 4. The smallest absolute Gasteiger partial charge is 0.105 e. The summed E-state index contributed by atoms with van der Waals surface area (Å²) in [4.78, 5) is 0.662. The largest absolute Gasteiger partial charge is 0.359 e. The molecule has 0 bridgehead atoms. The summed E-state index contributed by atoms with van der Waals surface area (Å²) < 4.78 is 0. The minimum absolute atomic E-state index is 0.662. The Bertz CT molecular complexity index is 606. The maximum atomic E-state index is 5.85. The zero-order valence-electron chi connectivity index (χ0n) is 11.1. The predicted octanol–water partition coefficient (Wildman–Crippen LogP) is 5.10. The number of anilines is 2. The van der Waals surface area contributed by atoms with Crippen molar-refractivity contribution in [1.82, 2.24) is 0 Å². The molecule has 2 N–H and O–H groups in total. The van der Waals surface area contributed by atoms with E-state index >= 15 is 0 Å². The monoisotopic (exact) mass is 302 g/mol. The third-order valence-electron chi connectivity index (χ3n) is 2.57. The van der Waals surface area contributed by atoms with E-state index in [4.69, 9.17) is 23.8 Å². The third kappa shape index (κ3) is 4.68. The molecule has 0 radical (unpaired) electrons. The molecule has 2 rings (SSSR count). The summed E-state index contributed by atoms with van der Waals surface area (Å²) in [7, 11) is 0. The van der Waals surface area contributed by atoms with Gasteiger partial charge in [0.25, 0.3) is 0 Å². The SMILES string of the molecule is C/C(=C\C(=S)Nc1ccccc1)Nc1ccc(Cl)cc1. The Morgan fingerprint density at radius 3 is 2.20 bits per heavy atom. The van der Waals surface area contributed by atoms with E-state index in [0.717, 1.165) is 22.1 Å². The van der Waals surface area contributed by atoms with Crippen molar-refractivity contribution < 1.29 is 0 Å². The van der Waals surface area contributed by atoms with Crippen LogP contribution < -0.4 is 10.6 Å². The van der Waals surface area contributed by atoms with Gasteiger partial charge in [-0.1, -0.05) is 42.0 Å². The molecule has 0 atom stereocenters. The maximum absolute atomic E-state index is 5.85. The van der Waals surface area contributed by atoms with E-state index in [9.17, 15) is 0 Å². The second-order valence-corrected chi connectivity index (χ2v) is 5.19. The first kappa shape index (κ1) is 14.6. The van der Waals surface area contributed by atoms with Crippen molar-refractivity contribution in [3.05, 3.63) is 71.4 Å². The van der Waals surface area contributed by atoms with Gasteiger partial charge in [0.1, 0.15) is 4.99 Å². The van der Waals surface area contributed by atoms with Gasteiger partial charge in [-0.3, -0.25) is 0 Å². The van der Waals surface area contributed by atoms with Gasteiger partial charge in [-0.2, -0.15) is 0 Å². The molecule has 2 aromatic rings.